The van der Waals surface area contributed by atoms with Crippen LogP contribution in [0, 0.1) is 0 Å². The molecule has 0 aliphatic rings. The fourth-order valence-electron chi connectivity index (χ4n) is 2.13. The van der Waals surface area contributed by atoms with Gasteiger partial charge in [-0.15, -0.1) is 0 Å². The molecule has 23 heavy (non-hydrogen) atoms. The average Bonchev–Trinajstić information content (AvgIpc) is 2.59. The van der Waals surface area contributed by atoms with Gasteiger partial charge in [-0.25, -0.2) is 9.78 Å². The van der Waals surface area contributed by atoms with Gasteiger partial charge in [-0.2, -0.15) is 0 Å². The molecule has 2 aromatic rings. The monoisotopic (exact) mass is 332 g/mol. The predicted molar refractivity (Wildman–Crippen MR) is 87.5 cm³/mol. The third-order valence-electron chi connectivity index (χ3n) is 3.36. The highest BCUT2D eigenvalue weighted by Gasteiger charge is 2.17. The van der Waals surface area contributed by atoms with E-state index in [0.29, 0.717) is 11.4 Å². The number of hydrogen-bond donors (Lipinski definition) is 1. The summed E-state index contributed by atoms with van der Waals surface area (Å²) < 4.78 is 4.61. The lowest BCUT2D eigenvalue weighted by molar-refractivity contribution is 0.0594. The topological polar surface area (TPSA) is 68.3 Å². The van der Waals surface area contributed by atoms with Crippen LogP contribution in [-0.4, -0.2) is 24.0 Å². The van der Waals surface area contributed by atoms with Crippen molar-refractivity contribution in [3.8, 4) is 0 Å². The maximum Gasteiger partial charge on any atom is 0.356 e. The second-order valence-electron chi connectivity index (χ2n) is 4.89. The van der Waals surface area contributed by atoms with Gasteiger partial charge in [-0.3, -0.25) is 4.79 Å². The summed E-state index contributed by atoms with van der Waals surface area (Å²) in [7, 11) is 1.27. The molecule has 0 fully saturated rings. The van der Waals surface area contributed by atoms with E-state index in [4.69, 9.17) is 11.6 Å². The normalized spacial score (nSPS) is 11.6. The molecular formula is C17H17ClN2O3. The molecule has 0 spiro atoms. The Morgan fingerprint density at radius 2 is 1.83 bits per heavy atom. The van der Waals surface area contributed by atoms with Crippen LogP contribution in [0.15, 0.2) is 42.5 Å². The smallest absolute Gasteiger partial charge is 0.356 e. The van der Waals surface area contributed by atoms with E-state index in [1.807, 2.05) is 19.1 Å². The summed E-state index contributed by atoms with van der Waals surface area (Å²) in [6.07, 6.45) is 0.712. The number of ether oxygens (including phenoxy) is 1. The average molecular weight is 333 g/mol. The third-order valence-corrected chi connectivity index (χ3v) is 3.61. The van der Waals surface area contributed by atoms with Crippen molar-refractivity contribution >= 4 is 23.5 Å². The second kappa shape index (κ2) is 7.74. The van der Waals surface area contributed by atoms with Crippen LogP contribution < -0.4 is 5.32 Å². The lowest BCUT2D eigenvalue weighted by Crippen LogP contribution is -2.29. The molecular weight excluding hydrogens is 316 g/mol. The highest BCUT2D eigenvalue weighted by Crippen LogP contribution is 2.19. The Morgan fingerprint density at radius 1 is 1.17 bits per heavy atom. The van der Waals surface area contributed by atoms with E-state index in [1.54, 1.807) is 24.3 Å². The van der Waals surface area contributed by atoms with Crippen molar-refractivity contribution in [1.29, 1.82) is 0 Å². The molecule has 1 heterocycles. The number of benzene rings is 1. The maximum absolute atomic E-state index is 12.4. The van der Waals surface area contributed by atoms with Crippen LogP contribution in [0.2, 0.25) is 5.02 Å². The summed E-state index contributed by atoms with van der Waals surface area (Å²) in [6.45, 7) is 1.97. The molecule has 0 bridgehead atoms. The zero-order chi connectivity index (χ0) is 16.8. The maximum atomic E-state index is 12.4. The first kappa shape index (κ1) is 17.0. The number of carbonyl (C=O) groups is 2. The van der Waals surface area contributed by atoms with Crippen molar-refractivity contribution in [2.75, 3.05) is 7.11 Å². The van der Waals surface area contributed by atoms with Gasteiger partial charge in [0.15, 0.2) is 0 Å². The lowest BCUT2D eigenvalue weighted by Gasteiger charge is -2.17. The van der Waals surface area contributed by atoms with E-state index in [-0.39, 0.29) is 23.3 Å². The Morgan fingerprint density at radius 3 is 2.43 bits per heavy atom. The summed E-state index contributed by atoms with van der Waals surface area (Å²) in [4.78, 5) is 27.9. The molecule has 2 rings (SSSR count). The molecule has 6 heteroatoms. The van der Waals surface area contributed by atoms with E-state index < -0.39 is 5.97 Å². The van der Waals surface area contributed by atoms with Gasteiger partial charge in [0.2, 0.25) is 0 Å². The van der Waals surface area contributed by atoms with Crippen molar-refractivity contribution in [1.82, 2.24) is 10.3 Å². The van der Waals surface area contributed by atoms with Gasteiger partial charge >= 0.3 is 5.97 Å². The van der Waals surface area contributed by atoms with Crippen molar-refractivity contribution in [2.45, 2.75) is 19.4 Å². The summed E-state index contributed by atoms with van der Waals surface area (Å²) in [6, 6.07) is 11.8. The molecule has 1 amide bonds. The lowest BCUT2D eigenvalue weighted by atomic mass is 10.0. The van der Waals surface area contributed by atoms with Crippen molar-refractivity contribution in [3.63, 3.8) is 0 Å². The summed E-state index contributed by atoms with van der Waals surface area (Å²) in [5, 5.41) is 3.55. The highest BCUT2D eigenvalue weighted by atomic mass is 35.5. The summed E-state index contributed by atoms with van der Waals surface area (Å²) in [5.74, 6) is -0.929. The Labute approximate surface area is 139 Å². The van der Waals surface area contributed by atoms with Gasteiger partial charge in [0.05, 0.1) is 13.2 Å². The highest BCUT2D eigenvalue weighted by molar-refractivity contribution is 6.30. The largest absolute Gasteiger partial charge is 0.464 e. The number of nitrogens with zero attached hydrogens (tertiary/aromatic N) is 1. The van der Waals surface area contributed by atoms with E-state index in [0.717, 1.165) is 5.56 Å². The van der Waals surface area contributed by atoms with Crippen LogP contribution >= 0.6 is 11.6 Å². The third kappa shape index (κ3) is 4.29. The molecule has 1 aromatic carbocycles. The molecule has 0 radical (unpaired) electrons. The van der Waals surface area contributed by atoms with E-state index in [1.165, 1.54) is 13.2 Å². The molecule has 0 saturated heterocycles. The van der Waals surface area contributed by atoms with Gasteiger partial charge in [0, 0.05) is 5.02 Å². The number of carbonyl (C=O) groups excluding carboxylic acids is 2. The van der Waals surface area contributed by atoms with Gasteiger partial charge in [-0.05, 0) is 36.2 Å². The number of halogens is 1. The number of aromatic nitrogens is 1. The minimum atomic E-state index is -0.579. The first-order valence-corrected chi connectivity index (χ1v) is 7.54. The quantitative estimate of drug-likeness (QED) is 0.852. The summed E-state index contributed by atoms with van der Waals surface area (Å²) >= 11 is 5.88. The first-order chi connectivity index (χ1) is 11.0. The number of amides is 1. The Balaban J connectivity index is 2.16. The van der Waals surface area contributed by atoms with Crippen molar-refractivity contribution < 1.29 is 14.3 Å². The number of rotatable bonds is 5. The molecule has 1 atom stereocenters. The summed E-state index contributed by atoms with van der Waals surface area (Å²) in [5.41, 5.74) is 1.22. The van der Waals surface area contributed by atoms with Gasteiger partial charge < -0.3 is 10.1 Å². The minimum Gasteiger partial charge on any atom is -0.464 e. The Bertz CT molecular complexity index is 701. The fraction of sp³-hybridized carbons (Fsp3) is 0.235. The molecule has 1 aromatic heterocycles. The molecule has 1 N–H and O–H groups in total. The van der Waals surface area contributed by atoms with Crippen LogP contribution in [0.1, 0.15) is 45.9 Å². The Hall–Kier alpha value is -2.40. The Kier molecular flexibility index (Phi) is 5.71. The van der Waals surface area contributed by atoms with E-state index in [9.17, 15) is 9.59 Å². The number of pyridine rings is 1. The van der Waals surface area contributed by atoms with Gasteiger partial charge in [-0.1, -0.05) is 36.7 Å². The fourth-order valence-corrected chi connectivity index (χ4v) is 2.25. The molecule has 0 saturated carbocycles. The number of methoxy groups -OCH3 is 1. The molecule has 120 valence electrons. The van der Waals surface area contributed by atoms with Crippen LogP contribution in [0.25, 0.3) is 0 Å². The SMILES string of the molecule is CCC(NC(=O)c1cccc(C(=O)OC)n1)c1ccc(Cl)cc1. The number of hydrogen-bond acceptors (Lipinski definition) is 4. The second-order valence-corrected chi connectivity index (χ2v) is 5.32. The van der Waals surface area contributed by atoms with Gasteiger partial charge in [0.25, 0.3) is 5.91 Å². The van der Waals surface area contributed by atoms with E-state index in [2.05, 4.69) is 15.0 Å². The zero-order valence-electron chi connectivity index (χ0n) is 12.9. The molecule has 5 nitrogen and oxygen atoms in total. The number of esters is 1. The number of nitrogens with one attached hydrogen (secondary N) is 1. The van der Waals surface area contributed by atoms with Crippen LogP contribution in [0.4, 0.5) is 0 Å². The van der Waals surface area contributed by atoms with Crippen molar-refractivity contribution in [2.24, 2.45) is 0 Å². The van der Waals surface area contributed by atoms with E-state index >= 15 is 0 Å². The van der Waals surface area contributed by atoms with Crippen molar-refractivity contribution in [3.05, 3.63) is 64.4 Å². The minimum absolute atomic E-state index is 0.0969. The zero-order valence-corrected chi connectivity index (χ0v) is 13.6. The molecule has 1 unspecified atom stereocenters. The standard InChI is InChI=1S/C17H17ClN2O3/c1-3-13(11-7-9-12(18)10-8-11)20-16(21)14-5-4-6-15(19-14)17(22)23-2/h4-10,13H,3H2,1-2H3,(H,20,21). The molecule has 0 aliphatic heterocycles. The first-order valence-electron chi connectivity index (χ1n) is 7.16. The van der Waals surface area contributed by atoms with Gasteiger partial charge in [0.1, 0.15) is 11.4 Å². The van der Waals surface area contributed by atoms with Crippen LogP contribution in [0.5, 0.6) is 0 Å². The molecule has 0 aliphatic carbocycles. The van der Waals surface area contributed by atoms with Crippen LogP contribution in [-0.2, 0) is 4.74 Å². The predicted octanol–water partition coefficient (Wildman–Crippen LogP) is 3.40. The van der Waals surface area contributed by atoms with Crippen LogP contribution in [0.3, 0.4) is 0 Å².